The van der Waals surface area contributed by atoms with E-state index < -0.39 is 11.5 Å². The first kappa shape index (κ1) is 22.3. The molecule has 3 aromatic carbocycles. The predicted molar refractivity (Wildman–Crippen MR) is 132 cm³/mol. The van der Waals surface area contributed by atoms with E-state index in [4.69, 9.17) is 0 Å². The van der Waals surface area contributed by atoms with Gasteiger partial charge in [-0.25, -0.2) is 9.59 Å². The lowest BCUT2D eigenvalue weighted by molar-refractivity contribution is 0.0685. The second-order valence-corrected chi connectivity index (χ2v) is 8.30. The van der Waals surface area contributed by atoms with Crippen LogP contribution in [0.15, 0.2) is 82.1 Å². The van der Waals surface area contributed by atoms with Crippen molar-refractivity contribution in [2.75, 3.05) is 12.4 Å². The predicted octanol–water partition coefficient (Wildman–Crippen LogP) is 4.93. The molecule has 0 unspecified atom stereocenters. The van der Waals surface area contributed by atoms with Gasteiger partial charge in [-0.2, -0.15) is 0 Å². The number of carboxylic acids is 1. The lowest BCUT2D eigenvalue weighted by Crippen LogP contribution is -2.28. The number of rotatable bonds is 5. The van der Waals surface area contributed by atoms with Crippen LogP contribution in [0.5, 0.6) is 0 Å². The van der Waals surface area contributed by atoms with Crippen molar-refractivity contribution in [3.63, 3.8) is 0 Å². The summed E-state index contributed by atoms with van der Waals surface area (Å²) in [6.07, 6.45) is 0. The number of fused-ring (bicyclic) bond motifs is 1. The first-order chi connectivity index (χ1) is 15.9. The highest BCUT2D eigenvalue weighted by Gasteiger charge is 2.23. The van der Waals surface area contributed by atoms with Gasteiger partial charge in [0, 0.05) is 28.2 Å². The van der Waals surface area contributed by atoms with Gasteiger partial charge >= 0.3 is 12.0 Å². The molecule has 3 N–H and O–H groups in total. The molecular weight excluding hydrogens is 486 g/mol. The molecule has 0 radical (unpaired) electrons. The van der Waals surface area contributed by atoms with Crippen molar-refractivity contribution in [2.45, 2.75) is 6.54 Å². The summed E-state index contributed by atoms with van der Waals surface area (Å²) in [5.41, 5.74) is 1.87. The number of carbonyl (C=O) groups excluding carboxylic acids is 1. The molecule has 0 atom stereocenters. The molecule has 0 bridgehead atoms. The van der Waals surface area contributed by atoms with Crippen LogP contribution in [0, 0.1) is 0 Å². The van der Waals surface area contributed by atoms with Gasteiger partial charge in [0.15, 0.2) is 0 Å². The number of halogens is 1. The number of anilines is 1. The number of benzene rings is 3. The Bertz CT molecular complexity index is 1430. The van der Waals surface area contributed by atoms with Gasteiger partial charge in [0.25, 0.3) is 5.56 Å². The molecule has 1 heterocycles. The minimum absolute atomic E-state index is 0.0234. The van der Waals surface area contributed by atoms with Crippen LogP contribution >= 0.6 is 15.9 Å². The number of urea groups is 1. The van der Waals surface area contributed by atoms with Crippen LogP contribution in [0.3, 0.4) is 0 Å². The van der Waals surface area contributed by atoms with Crippen LogP contribution in [-0.2, 0) is 6.54 Å². The molecule has 0 aliphatic heterocycles. The van der Waals surface area contributed by atoms with E-state index in [0.717, 1.165) is 4.47 Å². The molecule has 166 valence electrons. The number of aromatic nitrogens is 1. The monoisotopic (exact) mass is 505 g/mol. The molecule has 0 aliphatic rings. The maximum absolute atomic E-state index is 13.5. The third kappa shape index (κ3) is 4.51. The van der Waals surface area contributed by atoms with Crippen molar-refractivity contribution in [1.29, 1.82) is 0 Å². The van der Waals surface area contributed by atoms with Crippen LogP contribution in [-0.4, -0.2) is 28.7 Å². The van der Waals surface area contributed by atoms with Crippen molar-refractivity contribution in [3.8, 4) is 11.1 Å². The Morgan fingerprint density at radius 1 is 0.970 bits per heavy atom. The van der Waals surface area contributed by atoms with Crippen molar-refractivity contribution in [3.05, 3.63) is 98.9 Å². The lowest BCUT2D eigenvalue weighted by Gasteiger charge is -2.18. The fraction of sp³-hybridized carbons (Fsp3) is 0.0800. The normalized spacial score (nSPS) is 10.7. The van der Waals surface area contributed by atoms with Crippen molar-refractivity contribution in [1.82, 2.24) is 9.88 Å². The average molecular weight is 506 g/mol. The van der Waals surface area contributed by atoms with Crippen LogP contribution in [0.1, 0.15) is 16.1 Å². The largest absolute Gasteiger partial charge is 0.477 e. The number of pyridine rings is 1. The summed E-state index contributed by atoms with van der Waals surface area (Å²) < 4.78 is 2.02. The average Bonchev–Trinajstić information content (AvgIpc) is 2.81. The summed E-state index contributed by atoms with van der Waals surface area (Å²) >= 11 is 3.44. The Morgan fingerprint density at radius 3 is 2.42 bits per heavy atom. The molecule has 7 nitrogen and oxygen atoms in total. The maximum Gasteiger partial charge on any atom is 0.353 e. The van der Waals surface area contributed by atoms with Gasteiger partial charge in [-0.15, -0.1) is 0 Å². The van der Waals surface area contributed by atoms with Gasteiger partial charge in [0.1, 0.15) is 5.69 Å². The molecule has 4 rings (SSSR count). The Kier molecular flexibility index (Phi) is 6.28. The topological polar surface area (TPSA) is 100 Å². The third-order valence-corrected chi connectivity index (χ3v) is 5.74. The van der Waals surface area contributed by atoms with Crippen molar-refractivity contribution >= 4 is 44.4 Å². The molecule has 0 aliphatic carbocycles. The minimum Gasteiger partial charge on any atom is -0.477 e. The van der Waals surface area contributed by atoms with Crippen LogP contribution in [0.4, 0.5) is 10.5 Å². The van der Waals surface area contributed by atoms with E-state index in [-0.39, 0.29) is 18.3 Å². The van der Waals surface area contributed by atoms with E-state index in [0.29, 0.717) is 33.2 Å². The Hall–Kier alpha value is -3.91. The molecule has 0 saturated heterocycles. The number of hydrogen-bond acceptors (Lipinski definition) is 3. The van der Waals surface area contributed by atoms with Crippen LogP contribution in [0.25, 0.3) is 21.9 Å². The Balaban J connectivity index is 1.97. The van der Waals surface area contributed by atoms with E-state index >= 15 is 0 Å². The number of nitrogens with one attached hydrogen (secondary N) is 2. The number of nitrogens with zero attached hydrogens (tertiary/aromatic N) is 1. The number of carboxylic acid groups (broad SMARTS) is 1. The summed E-state index contributed by atoms with van der Waals surface area (Å²) in [6, 6.07) is 20.9. The molecule has 1 aromatic heterocycles. The van der Waals surface area contributed by atoms with E-state index in [2.05, 4.69) is 26.6 Å². The SMILES string of the molecule is CNC(=O)Nc1cccc(Cn2c(C(=O)O)c(-c3ccccc3)c3cc(Br)ccc3c2=O)c1. The van der Waals surface area contributed by atoms with E-state index in [1.807, 2.05) is 30.3 Å². The molecule has 33 heavy (non-hydrogen) atoms. The quantitative estimate of drug-likeness (QED) is 0.358. The van der Waals surface area contributed by atoms with Gasteiger partial charge in [0.05, 0.1) is 6.54 Å². The number of amides is 2. The summed E-state index contributed by atoms with van der Waals surface area (Å²) in [5, 5.41) is 16.3. The van der Waals surface area contributed by atoms with Gasteiger partial charge < -0.3 is 15.7 Å². The minimum atomic E-state index is -1.20. The summed E-state index contributed by atoms with van der Waals surface area (Å²) in [7, 11) is 1.51. The highest BCUT2D eigenvalue weighted by molar-refractivity contribution is 9.10. The highest BCUT2D eigenvalue weighted by Crippen LogP contribution is 2.33. The number of aromatic carboxylic acids is 1. The zero-order valence-corrected chi connectivity index (χ0v) is 19.2. The van der Waals surface area contributed by atoms with Gasteiger partial charge in [-0.3, -0.25) is 9.36 Å². The Labute approximate surface area is 197 Å². The first-order valence-electron chi connectivity index (χ1n) is 10.1. The molecule has 0 saturated carbocycles. The second-order valence-electron chi connectivity index (χ2n) is 7.38. The first-order valence-corrected chi connectivity index (χ1v) is 10.9. The lowest BCUT2D eigenvalue weighted by atomic mass is 9.96. The van der Waals surface area contributed by atoms with Crippen molar-refractivity contribution in [2.24, 2.45) is 0 Å². The molecule has 4 aromatic rings. The van der Waals surface area contributed by atoms with E-state index in [1.54, 1.807) is 42.5 Å². The van der Waals surface area contributed by atoms with E-state index in [1.165, 1.54) is 11.6 Å². The summed E-state index contributed by atoms with van der Waals surface area (Å²) in [4.78, 5) is 37.6. The Morgan fingerprint density at radius 2 is 1.73 bits per heavy atom. The fourth-order valence-corrected chi connectivity index (χ4v) is 4.17. The van der Waals surface area contributed by atoms with Crippen LogP contribution in [0.2, 0.25) is 0 Å². The smallest absolute Gasteiger partial charge is 0.353 e. The third-order valence-electron chi connectivity index (χ3n) is 5.25. The molecule has 8 heteroatoms. The van der Waals surface area contributed by atoms with Crippen LogP contribution < -0.4 is 16.2 Å². The number of hydrogen-bond donors (Lipinski definition) is 3. The molecular formula is C25H20BrN3O4. The molecule has 2 amide bonds. The molecule has 0 fully saturated rings. The van der Waals surface area contributed by atoms with Gasteiger partial charge in [-0.05, 0) is 46.8 Å². The number of carbonyl (C=O) groups is 2. The fourth-order valence-electron chi connectivity index (χ4n) is 3.81. The van der Waals surface area contributed by atoms with E-state index in [9.17, 15) is 19.5 Å². The van der Waals surface area contributed by atoms with Gasteiger partial charge in [-0.1, -0.05) is 58.4 Å². The summed E-state index contributed by atoms with van der Waals surface area (Å²) in [5.74, 6) is -1.20. The standard InChI is InChI=1S/C25H20BrN3O4/c1-27-25(33)28-18-9-5-6-15(12-18)14-29-22(24(31)32)21(16-7-3-2-4-8-16)20-13-17(26)10-11-19(20)23(29)30/h2-13H,14H2,1H3,(H,31,32)(H2,27,28,33). The second kappa shape index (κ2) is 9.30. The maximum atomic E-state index is 13.5. The molecule has 0 spiro atoms. The zero-order chi connectivity index (χ0) is 23.5. The highest BCUT2D eigenvalue weighted by atomic mass is 79.9. The van der Waals surface area contributed by atoms with Gasteiger partial charge in [0.2, 0.25) is 0 Å². The summed E-state index contributed by atoms with van der Waals surface area (Å²) in [6.45, 7) is 0.0234. The van der Waals surface area contributed by atoms with Crippen molar-refractivity contribution < 1.29 is 14.7 Å². The zero-order valence-electron chi connectivity index (χ0n) is 17.6.